The highest BCUT2D eigenvalue weighted by Crippen LogP contribution is 2.45. The molecule has 3 unspecified atom stereocenters. The molecule has 2 aliphatic heterocycles. The Morgan fingerprint density at radius 2 is 1.89 bits per heavy atom. The summed E-state index contributed by atoms with van der Waals surface area (Å²) in [6.45, 7) is 2.01. The minimum absolute atomic E-state index is 0.00476. The molecule has 2 N–H and O–H groups in total. The fraction of sp³-hybridized carbons (Fsp3) is 0.379. The number of allylic oxidation sites excluding steroid dienone is 1. The van der Waals surface area contributed by atoms with Crippen molar-refractivity contribution in [1.82, 2.24) is 10.0 Å². The van der Waals surface area contributed by atoms with Gasteiger partial charge in [0.15, 0.2) is 0 Å². The highest BCUT2D eigenvalue weighted by molar-refractivity contribution is 7.90. The summed E-state index contributed by atoms with van der Waals surface area (Å²) >= 11 is 0. The Morgan fingerprint density at radius 1 is 1.03 bits per heavy atom. The summed E-state index contributed by atoms with van der Waals surface area (Å²) in [6, 6.07) is 13.4. The van der Waals surface area contributed by atoms with E-state index in [2.05, 4.69) is 45.3 Å². The Balaban J connectivity index is 1.42. The second-order valence-corrected chi connectivity index (χ2v) is 12.5. The molecule has 198 valence electrons. The van der Waals surface area contributed by atoms with Gasteiger partial charge in [0, 0.05) is 31.1 Å². The predicted molar refractivity (Wildman–Crippen MR) is 146 cm³/mol. The van der Waals surface area contributed by atoms with Crippen molar-refractivity contribution in [3.05, 3.63) is 77.4 Å². The second-order valence-electron chi connectivity index (χ2n) is 10.7. The Morgan fingerprint density at radius 3 is 2.74 bits per heavy atom. The monoisotopic (exact) mass is 533 g/mol. The molecular weight excluding hydrogens is 502 g/mol. The molecule has 8 nitrogen and oxygen atoms in total. The Kier molecular flexibility index (Phi) is 6.26. The maximum atomic E-state index is 13.0. The fourth-order valence-corrected chi connectivity index (χ4v) is 6.94. The van der Waals surface area contributed by atoms with E-state index in [9.17, 15) is 18.0 Å². The smallest absolute Gasteiger partial charge is 0.264 e. The minimum atomic E-state index is -3.88. The van der Waals surface area contributed by atoms with Gasteiger partial charge in [-0.1, -0.05) is 48.6 Å². The first-order valence-corrected chi connectivity index (χ1v) is 14.7. The van der Waals surface area contributed by atoms with Crippen molar-refractivity contribution in [2.45, 2.75) is 24.7 Å². The number of carbonyl (C=O) groups is 2. The number of nitrogens with zero attached hydrogens (tertiary/aromatic N) is 1. The second kappa shape index (κ2) is 9.62. The number of carbonyl (C=O) groups excluding carboxylic acids is 2. The van der Waals surface area contributed by atoms with Crippen molar-refractivity contribution < 1.29 is 22.7 Å². The molecule has 2 aliphatic carbocycles. The summed E-state index contributed by atoms with van der Waals surface area (Å²) < 4.78 is 33.6. The van der Waals surface area contributed by atoms with Crippen LogP contribution in [-0.2, 0) is 20.2 Å². The van der Waals surface area contributed by atoms with Crippen molar-refractivity contribution in [3.8, 4) is 5.75 Å². The lowest BCUT2D eigenvalue weighted by Gasteiger charge is -2.43. The zero-order valence-electron chi connectivity index (χ0n) is 21.1. The van der Waals surface area contributed by atoms with E-state index in [1.807, 2.05) is 6.07 Å². The van der Waals surface area contributed by atoms with Crippen molar-refractivity contribution in [3.63, 3.8) is 0 Å². The van der Waals surface area contributed by atoms with Crippen molar-refractivity contribution in [2.75, 3.05) is 36.9 Å². The molecule has 2 aromatic rings. The maximum absolute atomic E-state index is 13.0. The molecule has 0 radical (unpaired) electrons. The number of rotatable bonds is 0. The molecule has 38 heavy (non-hydrogen) atoms. The van der Waals surface area contributed by atoms with Crippen LogP contribution in [0.2, 0.25) is 0 Å². The third-order valence-corrected chi connectivity index (χ3v) is 9.36. The third-order valence-electron chi connectivity index (χ3n) is 8.23. The third kappa shape index (κ3) is 4.60. The minimum Gasteiger partial charge on any atom is -0.490 e. The predicted octanol–water partition coefficient (Wildman–Crippen LogP) is 3.01. The van der Waals surface area contributed by atoms with E-state index in [1.54, 1.807) is 24.3 Å². The van der Waals surface area contributed by atoms with E-state index in [0.29, 0.717) is 25.4 Å². The van der Waals surface area contributed by atoms with E-state index in [0.717, 1.165) is 24.9 Å². The first-order chi connectivity index (χ1) is 18.3. The van der Waals surface area contributed by atoms with Crippen LogP contribution in [0.3, 0.4) is 0 Å². The van der Waals surface area contributed by atoms with Gasteiger partial charge in [-0.3, -0.25) is 9.59 Å². The SMILES string of the molecule is O=C1NS(=O)(=O)C/C=C\CNC(=O)C2CCC2CN2CC3(CC=Cc4ccccc43)COc3ccc1cc32. The van der Waals surface area contributed by atoms with Crippen LogP contribution in [0, 0.1) is 11.8 Å². The van der Waals surface area contributed by atoms with Gasteiger partial charge in [-0.25, -0.2) is 13.1 Å². The maximum Gasteiger partial charge on any atom is 0.264 e. The van der Waals surface area contributed by atoms with Gasteiger partial charge in [0.05, 0.1) is 23.5 Å². The van der Waals surface area contributed by atoms with Crippen molar-refractivity contribution in [1.29, 1.82) is 0 Å². The van der Waals surface area contributed by atoms with Gasteiger partial charge < -0.3 is 15.0 Å². The van der Waals surface area contributed by atoms with Crippen LogP contribution in [0.25, 0.3) is 6.08 Å². The molecular formula is C29H31N3O5S. The van der Waals surface area contributed by atoms with Crippen LogP contribution >= 0.6 is 0 Å². The molecule has 1 spiro atoms. The lowest BCUT2D eigenvalue weighted by atomic mass is 9.71. The van der Waals surface area contributed by atoms with Crippen LogP contribution in [0.5, 0.6) is 5.75 Å². The van der Waals surface area contributed by atoms with E-state index in [-0.39, 0.29) is 41.0 Å². The number of hydrogen-bond donors (Lipinski definition) is 2. The number of benzene rings is 2. The molecule has 2 amide bonds. The van der Waals surface area contributed by atoms with E-state index < -0.39 is 15.9 Å². The van der Waals surface area contributed by atoms with Crippen LogP contribution in [-0.4, -0.2) is 52.2 Å². The molecule has 1 saturated carbocycles. The summed E-state index contributed by atoms with van der Waals surface area (Å²) in [5.74, 6) is -0.313. The molecule has 6 rings (SSSR count). The molecule has 2 heterocycles. The Hall–Kier alpha value is -3.59. The van der Waals surface area contributed by atoms with Gasteiger partial charge in [0.25, 0.3) is 5.91 Å². The van der Waals surface area contributed by atoms with Gasteiger partial charge in [-0.15, -0.1) is 0 Å². The van der Waals surface area contributed by atoms with Crippen LogP contribution in [0.15, 0.2) is 60.7 Å². The quantitative estimate of drug-likeness (QED) is 0.505. The van der Waals surface area contributed by atoms with Gasteiger partial charge >= 0.3 is 0 Å². The molecule has 4 aliphatic rings. The summed E-state index contributed by atoms with van der Waals surface area (Å²) in [7, 11) is -3.88. The molecule has 2 aromatic carbocycles. The summed E-state index contributed by atoms with van der Waals surface area (Å²) in [5, 5.41) is 2.92. The topological polar surface area (TPSA) is 105 Å². The van der Waals surface area contributed by atoms with E-state index >= 15 is 0 Å². The number of ether oxygens (including phenoxy) is 1. The molecule has 0 saturated heterocycles. The van der Waals surface area contributed by atoms with Crippen LogP contribution < -0.4 is 19.7 Å². The standard InChI is InChI=1S/C29H31N3O5S/c33-27-21-10-12-26-25(16-21)32(18-29(19-37-26)13-5-7-20-6-1-2-8-24(20)29)17-22-9-11-23(22)28(34)30-14-3-4-15-38(35,36)31-27/h1-8,10,12,16,22-23H,9,11,13-15,17-19H2,(H,30,34)(H,31,33)/b4-3-. The van der Waals surface area contributed by atoms with E-state index in [4.69, 9.17) is 4.74 Å². The largest absolute Gasteiger partial charge is 0.490 e. The fourth-order valence-electron chi connectivity index (χ4n) is 6.06. The van der Waals surface area contributed by atoms with Crippen LogP contribution in [0.4, 0.5) is 5.69 Å². The number of fused-ring (bicyclic) bond motifs is 4. The van der Waals surface area contributed by atoms with Gasteiger partial charge in [-0.2, -0.15) is 0 Å². The lowest BCUT2D eigenvalue weighted by Crippen LogP contribution is -2.50. The summed E-state index contributed by atoms with van der Waals surface area (Å²) in [6.07, 6.45) is 9.97. The van der Waals surface area contributed by atoms with Gasteiger partial charge in [0.1, 0.15) is 5.75 Å². The average molecular weight is 534 g/mol. The molecule has 0 aromatic heterocycles. The Bertz CT molecular complexity index is 1450. The first-order valence-electron chi connectivity index (χ1n) is 13.1. The highest BCUT2D eigenvalue weighted by Gasteiger charge is 2.43. The van der Waals surface area contributed by atoms with Crippen LogP contribution in [0.1, 0.15) is 40.7 Å². The first kappa shape index (κ1) is 24.7. The van der Waals surface area contributed by atoms with Gasteiger partial charge in [0.2, 0.25) is 15.9 Å². The molecule has 3 atom stereocenters. The average Bonchev–Trinajstić information content (AvgIpc) is 3.03. The zero-order chi connectivity index (χ0) is 26.3. The van der Waals surface area contributed by atoms with E-state index in [1.165, 1.54) is 17.2 Å². The van der Waals surface area contributed by atoms with Crippen molar-refractivity contribution >= 4 is 33.6 Å². The molecule has 9 heteroatoms. The highest BCUT2D eigenvalue weighted by atomic mass is 32.2. The molecule has 2 bridgehead atoms. The number of amides is 2. The number of hydrogen-bond acceptors (Lipinski definition) is 6. The lowest BCUT2D eigenvalue weighted by molar-refractivity contribution is -0.129. The number of nitrogens with one attached hydrogen (secondary N) is 2. The summed E-state index contributed by atoms with van der Waals surface area (Å²) in [5.41, 5.74) is 3.09. The Labute approximate surface area is 222 Å². The zero-order valence-corrected chi connectivity index (χ0v) is 21.9. The number of sulfonamides is 1. The normalized spacial score (nSPS) is 29.0. The summed E-state index contributed by atoms with van der Waals surface area (Å²) in [4.78, 5) is 28.2. The van der Waals surface area contributed by atoms with Crippen molar-refractivity contribution in [2.24, 2.45) is 11.8 Å². The van der Waals surface area contributed by atoms with Gasteiger partial charge in [-0.05, 0) is 54.5 Å². The molecule has 1 fully saturated rings. The number of anilines is 1.